The van der Waals surface area contributed by atoms with Gasteiger partial charge >= 0.3 is 0 Å². The fourth-order valence-electron chi connectivity index (χ4n) is 4.53. The molecule has 3 aromatic rings. The Kier molecular flexibility index (Phi) is 7.05. The van der Waals surface area contributed by atoms with Gasteiger partial charge in [0.25, 0.3) is 5.91 Å². The number of fused-ring (bicyclic) bond motifs is 1. The Hall–Kier alpha value is -3.11. The van der Waals surface area contributed by atoms with Crippen molar-refractivity contribution in [2.75, 3.05) is 5.32 Å². The fraction of sp³-hybridized carbons (Fsp3) is 0.320. The van der Waals surface area contributed by atoms with Crippen molar-refractivity contribution in [1.29, 1.82) is 4.78 Å². The van der Waals surface area contributed by atoms with Crippen molar-refractivity contribution in [2.45, 2.75) is 43.5 Å². The van der Waals surface area contributed by atoms with Crippen LogP contribution < -0.4 is 10.0 Å². The minimum absolute atomic E-state index is 0.126. The highest BCUT2D eigenvalue weighted by molar-refractivity contribution is 7.90. The molecule has 35 heavy (non-hydrogen) atoms. The van der Waals surface area contributed by atoms with Gasteiger partial charge in [-0.05, 0) is 37.2 Å². The predicted molar refractivity (Wildman–Crippen MR) is 128 cm³/mol. The molecule has 0 saturated heterocycles. The van der Waals surface area contributed by atoms with Crippen molar-refractivity contribution in [3.05, 3.63) is 82.9 Å². The first kappa shape index (κ1) is 25.0. The Morgan fingerprint density at radius 2 is 1.89 bits per heavy atom. The van der Waals surface area contributed by atoms with E-state index in [1.165, 1.54) is 16.3 Å². The van der Waals surface area contributed by atoms with Crippen LogP contribution >= 0.6 is 0 Å². The summed E-state index contributed by atoms with van der Waals surface area (Å²) >= 11 is 0. The average Bonchev–Trinajstić information content (AvgIpc) is 3.09. The maximum atomic E-state index is 13.6. The van der Waals surface area contributed by atoms with Crippen molar-refractivity contribution >= 4 is 21.5 Å². The van der Waals surface area contributed by atoms with Crippen LogP contribution in [0.25, 0.3) is 0 Å². The first-order chi connectivity index (χ1) is 16.6. The second-order valence-electron chi connectivity index (χ2n) is 8.96. The number of carbonyl (C=O) groups excluding carboxylic acids is 1. The maximum Gasteiger partial charge on any atom is 0.272 e. The van der Waals surface area contributed by atoms with Gasteiger partial charge in [-0.2, -0.15) is 0 Å². The van der Waals surface area contributed by atoms with Gasteiger partial charge in [-0.1, -0.05) is 37.3 Å². The number of anilines is 1. The van der Waals surface area contributed by atoms with Gasteiger partial charge in [-0.3, -0.25) is 4.79 Å². The summed E-state index contributed by atoms with van der Waals surface area (Å²) < 4.78 is 66.8. The lowest BCUT2D eigenvalue weighted by Crippen LogP contribution is -2.37. The van der Waals surface area contributed by atoms with E-state index in [-0.39, 0.29) is 28.2 Å². The molecule has 0 spiro atoms. The van der Waals surface area contributed by atoms with E-state index in [1.807, 2.05) is 18.2 Å². The minimum Gasteiger partial charge on any atom is -0.345 e. The number of amides is 1. The summed E-state index contributed by atoms with van der Waals surface area (Å²) in [5.74, 6) is -5.02. The molecule has 3 atom stereocenters. The largest absolute Gasteiger partial charge is 0.345 e. The van der Waals surface area contributed by atoms with Crippen LogP contribution in [0.2, 0.25) is 0 Å². The number of carbonyl (C=O) groups is 1. The van der Waals surface area contributed by atoms with E-state index < -0.39 is 33.3 Å². The molecule has 1 aliphatic rings. The van der Waals surface area contributed by atoms with Gasteiger partial charge in [0.2, 0.25) is 0 Å². The van der Waals surface area contributed by atoms with E-state index in [2.05, 4.69) is 29.1 Å². The summed E-state index contributed by atoms with van der Waals surface area (Å²) in [7, 11) is -1.83. The molecule has 1 amide bonds. The van der Waals surface area contributed by atoms with Crippen molar-refractivity contribution in [2.24, 2.45) is 13.0 Å². The van der Waals surface area contributed by atoms with Crippen molar-refractivity contribution in [1.82, 2.24) is 9.29 Å². The van der Waals surface area contributed by atoms with Crippen LogP contribution in [0.1, 0.15) is 41.4 Å². The average molecular weight is 505 g/mol. The number of halogens is 3. The van der Waals surface area contributed by atoms with Crippen LogP contribution in [-0.2, 0) is 29.8 Å². The molecular weight excluding hydrogens is 477 g/mol. The lowest BCUT2D eigenvalue weighted by molar-refractivity contribution is 0.101. The van der Waals surface area contributed by atoms with Gasteiger partial charge in [0, 0.05) is 42.7 Å². The zero-order valence-electron chi connectivity index (χ0n) is 19.4. The SMILES string of the molecule is C[C@@H](CCc1ccccc1)[C@H]1CCc2c(cn(C)c2C(=O)Nc2cc(F)c(F)c(F)c2)S(=N)(=O)N1. The third-order valence-electron chi connectivity index (χ3n) is 6.45. The molecule has 0 fully saturated rings. The van der Waals surface area contributed by atoms with Gasteiger partial charge in [-0.15, -0.1) is 0 Å². The molecular formula is C25H27F3N4O2S. The summed E-state index contributed by atoms with van der Waals surface area (Å²) in [6, 6.07) is 11.2. The predicted octanol–water partition coefficient (Wildman–Crippen LogP) is 5.19. The molecule has 1 aromatic heterocycles. The topological polar surface area (TPSA) is 87.0 Å². The summed E-state index contributed by atoms with van der Waals surface area (Å²) in [4.78, 5) is 13.3. The number of hydrogen-bond donors (Lipinski definition) is 3. The van der Waals surface area contributed by atoms with Crippen molar-refractivity contribution in [3.8, 4) is 0 Å². The normalized spacial score (nSPS) is 20.7. The van der Waals surface area contributed by atoms with Gasteiger partial charge in [0.1, 0.15) is 15.6 Å². The van der Waals surface area contributed by atoms with Crippen LogP contribution in [0.4, 0.5) is 18.9 Å². The van der Waals surface area contributed by atoms with E-state index in [4.69, 9.17) is 4.78 Å². The number of benzene rings is 2. The third kappa shape index (κ3) is 5.28. The molecule has 2 aromatic carbocycles. The zero-order valence-corrected chi connectivity index (χ0v) is 20.2. The highest BCUT2D eigenvalue weighted by Gasteiger charge is 2.32. The molecule has 2 heterocycles. The molecule has 0 radical (unpaired) electrons. The molecule has 3 N–H and O–H groups in total. The third-order valence-corrected chi connectivity index (χ3v) is 8.06. The number of hydrogen-bond acceptors (Lipinski definition) is 3. The molecule has 6 nitrogen and oxygen atoms in total. The Bertz CT molecular complexity index is 1330. The Labute approximate surface area is 202 Å². The van der Waals surface area contributed by atoms with Crippen molar-refractivity contribution < 1.29 is 22.2 Å². The number of nitrogens with zero attached hydrogens (tertiary/aromatic N) is 1. The zero-order chi connectivity index (χ0) is 25.3. The standard InChI is InChI=1S/C25H27F3N4O2S/c1-15(8-9-16-6-4-3-5-7-16)21-11-10-18-22(35(29,34)31-21)14-32(2)24(18)25(33)30-17-12-19(26)23(28)20(27)13-17/h3-7,12-15,21H,8-11H2,1-2H3,(H,30,33)(H2,29,31,34)/t15-,21+,35?/m0/s1. The second-order valence-corrected chi connectivity index (χ2v) is 10.7. The number of aromatic nitrogens is 1. The Morgan fingerprint density at radius 1 is 1.23 bits per heavy atom. The van der Waals surface area contributed by atoms with E-state index in [9.17, 15) is 22.2 Å². The molecule has 0 saturated carbocycles. The smallest absolute Gasteiger partial charge is 0.272 e. The van der Waals surface area contributed by atoms with Crippen molar-refractivity contribution in [3.63, 3.8) is 0 Å². The van der Waals surface area contributed by atoms with Crippen LogP contribution in [0.5, 0.6) is 0 Å². The van der Waals surface area contributed by atoms with E-state index in [0.717, 1.165) is 12.8 Å². The molecule has 0 bridgehead atoms. The first-order valence-electron chi connectivity index (χ1n) is 11.3. The monoisotopic (exact) mass is 504 g/mol. The van der Waals surface area contributed by atoms with Crippen LogP contribution in [0, 0.1) is 28.1 Å². The Balaban J connectivity index is 1.55. The Morgan fingerprint density at radius 3 is 2.54 bits per heavy atom. The highest BCUT2D eigenvalue weighted by atomic mass is 32.2. The van der Waals surface area contributed by atoms with E-state index in [1.54, 1.807) is 7.05 Å². The summed E-state index contributed by atoms with van der Waals surface area (Å²) in [6.07, 6.45) is 4.13. The molecule has 1 unspecified atom stereocenters. The molecule has 186 valence electrons. The summed E-state index contributed by atoms with van der Waals surface area (Å²) in [5.41, 5.74) is 1.56. The maximum absolute atomic E-state index is 13.6. The lowest BCUT2D eigenvalue weighted by atomic mass is 9.91. The second kappa shape index (κ2) is 9.87. The van der Waals surface area contributed by atoms with E-state index in [0.29, 0.717) is 30.5 Å². The minimum atomic E-state index is -3.40. The number of aryl methyl sites for hydroxylation is 2. The quantitative estimate of drug-likeness (QED) is 0.404. The van der Waals surface area contributed by atoms with Crippen LogP contribution in [0.3, 0.4) is 0 Å². The first-order valence-corrected chi connectivity index (χ1v) is 12.9. The highest BCUT2D eigenvalue weighted by Crippen LogP contribution is 2.31. The molecule has 1 aliphatic heterocycles. The lowest BCUT2D eigenvalue weighted by Gasteiger charge is -2.24. The molecule has 10 heteroatoms. The number of nitrogens with one attached hydrogen (secondary N) is 3. The summed E-state index contributed by atoms with van der Waals surface area (Å²) in [5, 5.41) is 2.38. The van der Waals surface area contributed by atoms with Gasteiger partial charge in [-0.25, -0.2) is 26.9 Å². The van der Waals surface area contributed by atoms with E-state index >= 15 is 0 Å². The number of rotatable bonds is 6. The van der Waals surface area contributed by atoms with Crippen LogP contribution in [0.15, 0.2) is 53.6 Å². The fourth-order valence-corrected chi connectivity index (χ4v) is 6.28. The van der Waals surface area contributed by atoms with Crippen LogP contribution in [-0.4, -0.2) is 20.7 Å². The van der Waals surface area contributed by atoms with Gasteiger partial charge in [0.05, 0.1) is 4.90 Å². The molecule has 4 rings (SSSR count). The summed E-state index contributed by atoms with van der Waals surface area (Å²) in [6.45, 7) is 2.05. The molecule has 0 aliphatic carbocycles. The van der Waals surface area contributed by atoms with Gasteiger partial charge in [0.15, 0.2) is 17.5 Å². The van der Waals surface area contributed by atoms with Gasteiger partial charge < -0.3 is 9.88 Å².